The fourth-order valence-electron chi connectivity index (χ4n) is 4.10. The normalized spacial score (nSPS) is 12.2. The number of aryl methyl sites for hydroxylation is 1. The molecule has 0 aliphatic rings. The third-order valence-electron chi connectivity index (χ3n) is 6.56. The molecule has 0 fully saturated rings. The summed E-state index contributed by atoms with van der Waals surface area (Å²) in [5, 5.41) is 25.9. The molecule has 5 N–H and O–H groups in total. The Morgan fingerprint density at radius 3 is 2.05 bits per heavy atom. The summed E-state index contributed by atoms with van der Waals surface area (Å²) in [5.74, 6) is -3.59. The van der Waals surface area contributed by atoms with Crippen LogP contribution >= 0.6 is 54.0 Å². The summed E-state index contributed by atoms with van der Waals surface area (Å²) in [5.41, 5.74) is -1.57. The van der Waals surface area contributed by atoms with Crippen molar-refractivity contribution in [3.8, 4) is 17.1 Å². The number of nitrogens with zero attached hydrogens (tertiary/aromatic N) is 5. The van der Waals surface area contributed by atoms with Gasteiger partial charge in [-0.2, -0.15) is 18.1 Å². The number of hydrogen-bond acceptors (Lipinski definition) is 10. The Morgan fingerprint density at radius 1 is 0.982 bits per heavy atom. The number of benzene rings is 2. The highest BCUT2D eigenvalue weighted by Gasteiger charge is 2.25. The number of carbonyl (C=O) groups is 2. The molecule has 0 amide bonds. The third kappa shape index (κ3) is 13.9. The van der Waals surface area contributed by atoms with Gasteiger partial charge in [-0.1, -0.05) is 55.6 Å². The molecular formula is C31H36Cl4F3N6O11P. The molecule has 0 aliphatic heterocycles. The summed E-state index contributed by atoms with van der Waals surface area (Å²) >= 11 is 23.8. The van der Waals surface area contributed by atoms with Gasteiger partial charge in [0.2, 0.25) is 5.89 Å². The Labute approximate surface area is 335 Å². The van der Waals surface area contributed by atoms with E-state index in [1.807, 2.05) is 34.6 Å². The van der Waals surface area contributed by atoms with E-state index >= 15 is 0 Å². The van der Waals surface area contributed by atoms with Crippen molar-refractivity contribution in [1.29, 1.82) is 0 Å². The summed E-state index contributed by atoms with van der Waals surface area (Å²) in [6.45, 7) is 7.05. The molecule has 56 heavy (non-hydrogen) atoms. The molecule has 4 aromatic rings. The topological polar surface area (TPSA) is 241 Å². The van der Waals surface area contributed by atoms with E-state index in [0.717, 1.165) is 23.7 Å². The van der Waals surface area contributed by atoms with E-state index in [2.05, 4.69) is 15.5 Å². The molecule has 1 atom stereocenters. The van der Waals surface area contributed by atoms with Crippen molar-refractivity contribution in [3.05, 3.63) is 83.5 Å². The highest BCUT2D eigenvalue weighted by molar-refractivity contribution is 7.51. The zero-order valence-electron chi connectivity index (χ0n) is 30.1. The van der Waals surface area contributed by atoms with Crippen molar-refractivity contribution in [1.82, 2.24) is 29.4 Å². The Morgan fingerprint density at radius 2 is 1.59 bits per heavy atom. The van der Waals surface area contributed by atoms with Crippen molar-refractivity contribution in [2.45, 2.75) is 71.4 Å². The molecule has 0 bridgehead atoms. The Kier molecular flexibility index (Phi) is 17.2. The van der Waals surface area contributed by atoms with E-state index in [0.29, 0.717) is 27.0 Å². The summed E-state index contributed by atoms with van der Waals surface area (Å²) in [6, 6.07) is 5.00. The first-order valence-corrected chi connectivity index (χ1v) is 19.1. The number of ether oxygens (including phenoxy) is 1. The van der Waals surface area contributed by atoms with E-state index in [9.17, 15) is 36.9 Å². The maximum absolute atomic E-state index is 14.1. The van der Waals surface area contributed by atoms with Gasteiger partial charge in [0.25, 0.3) is 0 Å². The Hall–Kier alpha value is -3.88. The second-order valence-electron chi connectivity index (χ2n) is 12.7. The molecule has 4 rings (SSSR count). The third-order valence-corrected chi connectivity index (χ3v) is 8.49. The summed E-state index contributed by atoms with van der Waals surface area (Å²) in [7, 11) is -4.10. The number of aromatic nitrogens is 5. The largest absolute Gasteiger partial charge is 0.489 e. The van der Waals surface area contributed by atoms with Gasteiger partial charge in [-0.3, -0.25) is 19.5 Å². The number of halogens is 7. The molecule has 2 aromatic heterocycles. The molecule has 0 aliphatic carbocycles. The summed E-state index contributed by atoms with van der Waals surface area (Å²) in [4.78, 5) is 61.0. The number of carboxylic acid groups (broad SMARTS) is 2. The minimum Gasteiger partial charge on any atom is -0.489 e. The molecule has 0 saturated carbocycles. The van der Waals surface area contributed by atoms with E-state index in [1.165, 1.54) is 6.07 Å². The Bertz CT molecular complexity index is 2200. The lowest BCUT2D eigenvalue weighted by Crippen LogP contribution is -2.25. The van der Waals surface area contributed by atoms with Gasteiger partial charge in [-0.15, -0.1) is 21.8 Å². The van der Waals surface area contributed by atoms with Crippen LogP contribution in [-0.4, -0.2) is 80.4 Å². The van der Waals surface area contributed by atoms with E-state index in [1.54, 1.807) is 6.07 Å². The van der Waals surface area contributed by atoms with Gasteiger partial charge in [0.15, 0.2) is 5.82 Å². The second kappa shape index (κ2) is 20.0. The van der Waals surface area contributed by atoms with Crippen LogP contribution in [0.4, 0.5) is 13.2 Å². The molecule has 25 heteroatoms. The predicted molar refractivity (Wildman–Crippen MR) is 199 cm³/mol. The number of carboxylic acids is 2. The van der Waals surface area contributed by atoms with E-state index < -0.39 is 67.2 Å². The highest BCUT2D eigenvalue weighted by Crippen LogP contribution is 2.34. The SMILES string of the molecule is CC(C)Oc1cc(-n2nc(C(C)(C)C)oc2=O)c(Cl)cc1Cl.Cc1nn(-c2cc(CC(Cl)C(=O)O)c(Cl)cc2F)c(=O)n1C(F)F.O=C(O)CNCP(=O)(O)O. The fourth-order valence-corrected chi connectivity index (χ4v) is 5.41. The van der Waals surface area contributed by atoms with Crippen LogP contribution in [0, 0.1) is 12.7 Å². The summed E-state index contributed by atoms with van der Waals surface area (Å²) < 4.78 is 62.3. The minimum atomic E-state index is -4.10. The lowest BCUT2D eigenvalue weighted by molar-refractivity contribution is -0.137. The number of aliphatic carboxylic acids is 2. The van der Waals surface area contributed by atoms with Crippen LogP contribution in [0.1, 0.15) is 58.4 Å². The van der Waals surface area contributed by atoms with Gasteiger partial charge in [0, 0.05) is 22.9 Å². The number of alkyl halides is 3. The molecule has 2 heterocycles. The minimum absolute atomic E-state index is 0.0642. The molecule has 310 valence electrons. The fraction of sp³-hybridized carbons (Fsp3) is 0.419. The monoisotopic (exact) mass is 896 g/mol. The molecular weight excluding hydrogens is 862 g/mol. The maximum atomic E-state index is 14.1. The smallest absolute Gasteiger partial charge is 0.442 e. The number of nitrogens with one attached hydrogen (secondary N) is 1. The average molecular weight is 898 g/mol. The molecule has 17 nitrogen and oxygen atoms in total. The molecule has 1 unspecified atom stereocenters. The molecule has 0 spiro atoms. The van der Waals surface area contributed by atoms with Crippen LogP contribution in [0.5, 0.6) is 5.75 Å². The van der Waals surface area contributed by atoms with Crippen molar-refractivity contribution < 1.29 is 56.5 Å². The standard InChI is InChI=1S/C15H18Cl2N2O3.C13H10Cl2F3N3O3.C3H8NO5P/c1-8(2)21-12-7-11(9(16)6-10(12)17)19-14(20)22-13(18-19)15(3,4)5;1-5-19-21(13(24)20(5)12(17)18)10-3-6(2-8(15)11(22)23)7(14)4-9(10)16;5-3(6)1-4-2-10(7,8)9/h6-8H,1-5H3;3-4,8,12H,2H2,1H3,(H,22,23);4H,1-2H2,(H,5,6)(H2,7,8,9). The number of hydrogen-bond donors (Lipinski definition) is 5. The van der Waals surface area contributed by atoms with Crippen LogP contribution < -0.4 is 21.5 Å². The Balaban J connectivity index is 0.000000314. The molecule has 2 aromatic carbocycles. The van der Waals surface area contributed by atoms with Crippen LogP contribution in [0.2, 0.25) is 15.1 Å². The maximum Gasteiger partial charge on any atom is 0.442 e. The lowest BCUT2D eigenvalue weighted by Gasteiger charge is -2.13. The van der Waals surface area contributed by atoms with Crippen molar-refractivity contribution in [3.63, 3.8) is 0 Å². The first-order chi connectivity index (χ1) is 25.6. The van der Waals surface area contributed by atoms with Crippen molar-refractivity contribution in [2.75, 3.05) is 12.8 Å². The van der Waals surface area contributed by atoms with Gasteiger partial charge >= 0.3 is 37.5 Å². The zero-order chi connectivity index (χ0) is 43.0. The lowest BCUT2D eigenvalue weighted by atomic mass is 9.97. The van der Waals surface area contributed by atoms with Crippen molar-refractivity contribution >= 4 is 65.9 Å². The highest BCUT2D eigenvalue weighted by atomic mass is 35.5. The van der Waals surface area contributed by atoms with E-state index in [4.69, 9.17) is 75.6 Å². The second-order valence-corrected chi connectivity index (χ2v) is 16.1. The van der Waals surface area contributed by atoms with Crippen LogP contribution in [0.15, 0.2) is 38.3 Å². The predicted octanol–water partition coefficient (Wildman–Crippen LogP) is 5.78. The molecule has 0 radical (unpaired) electrons. The van der Waals surface area contributed by atoms with Gasteiger partial charge in [0.05, 0.1) is 34.7 Å². The first kappa shape index (κ1) is 48.3. The van der Waals surface area contributed by atoms with Crippen LogP contribution in [0.25, 0.3) is 11.4 Å². The van der Waals surface area contributed by atoms with Gasteiger partial charge in [-0.25, -0.2) is 18.5 Å². The zero-order valence-corrected chi connectivity index (χ0v) is 34.1. The van der Waals surface area contributed by atoms with Crippen molar-refractivity contribution in [2.24, 2.45) is 0 Å². The van der Waals surface area contributed by atoms with E-state index in [-0.39, 0.29) is 43.9 Å². The van der Waals surface area contributed by atoms with Gasteiger partial charge in [-0.05, 0) is 44.5 Å². The average Bonchev–Trinajstić information content (AvgIpc) is 3.57. The van der Waals surface area contributed by atoms with Crippen LogP contribution in [0.3, 0.4) is 0 Å². The summed E-state index contributed by atoms with van der Waals surface area (Å²) in [6.07, 6.45) is -0.920. The van der Waals surface area contributed by atoms with Crippen LogP contribution in [-0.2, 0) is 26.0 Å². The first-order valence-electron chi connectivity index (χ1n) is 15.7. The van der Waals surface area contributed by atoms with Gasteiger partial charge < -0.3 is 29.2 Å². The molecule has 0 saturated heterocycles. The number of rotatable bonds is 12. The van der Waals surface area contributed by atoms with Gasteiger partial charge in [0.1, 0.15) is 22.6 Å². The quantitative estimate of drug-likeness (QED) is 0.0837.